The number of hydrogen-bond acceptors (Lipinski definition) is 3. The Kier molecular flexibility index (Phi) is 2.91. The van der Waals surface area contributed by atoms with Crippen LogP contribution < -0.4 is 0 Å². The number of thiol groups is 1. The van der Waals surface area contributed by atoms with Gasteiger partial charge in [-0.15, -0.1) is 0 Å². The van der Waals surface area contributed by atoms with Gasteiger partial charge in [0.15, 0.2) is 0 Å². The Balaban J connectivity index is 2.02. The minimum Gasteiger partial charge on any atom is -0.480 e. The molecular weight excluding hydrogens is 214 g/mol. The monoisotopic (exact) mass is 229 g/mol. The number of likely N-dealkylation sites (tertiary alicyclic amines) is 1. The van der Waals surface area contributed by atoms with E-state index in [1.54, 1.807) is 0 Å². The van der Waals surface area contributed by atoms with E-state index in [9.17, 15) is 9.59 Å². The largest absolute Gasteiger partial charge is 0.480 e. The Labute approximate surface area is 94.0 Å². The quantitative estimate of drug-likeness (QED) is 0.700. The van der Waals surface area contributed by atoms with Crippen molar-refractivity contribution in [3.8, 4) is 0 Å². The number of hydrogen-bond donors (Lipinski definition) is 2. The second kappa shape index (κ2) is 4.04. The zero-order valence-corrected chi connectivity index (χ0v) is 9.32. The van der Waals surface area contributed by atoms with Crippen molar-refractivity contribution < 1.29 is 14.7 Å². The molecule has 0 radical (unpaired) electrons. The minimum atomic E-state index is -0.877. The highest BCUT2D eigenvalue weighted by molar-refractivity contribution is 7.81. The van der Waals surface area contributed by atoms with E-state index >= 15 is 0 Å². The van der Waals surface area contributed by atoms with E-state index in [0.717, 1.165) is 12.8 Å². The Morgan fingerprint density at radius 3 is 2.67 bits per heavy atom. The molecular formula is C10H15NO3S. The predicted molar refractivity (Wildman–Crippen MR) is 57.9 cm³/mol. The molecule has 1 unspecified atom stereocenters. The molecule has 0 aromatic carbocycles. The first-order valence-corrected chi connectivity index (χ1v) is 5.80. The van der Waals surface area contributed by atoms with Crippen molar-refractivity contribution in [2.45, 2.75) is 37.0 Å². The van der Waals surface area contributed by atoms with Crippen LogP contribution in [-0.4, -0.2) is 39.7 Å². The number of amides is 1. The van der Waals surface area contributed by atoms with Gasteiger partial charge in [-0.1, -0.05) is 12.8 Å². The smallest absolute Gasteiger partial charge is 0.326 e. The van der Waals surface area contributed by atoms with Gasteiger partial charge in [0.1, 0.15) is 6.04 Å². The molecule has 4 nitrogen and oxygen atoms in total. The Morgan fingerprint density at radius 1 is 1.60 bits per heavy atom. The molecule has 1 saturated carbocycles. The van der Waals surface area contributed by atoms with E-state index in [-0.39, 0.29) is 11.2 Å². The van der Waals surface area contributed by atoms with Gasteiger partial charge >= 0.3 is 5.97 Å². The lowest BCUT2D eigenvalue weighted by Crippen LogP contribution is -2.42. The summed E-state index contributed by atoms with van der Waals surface area (Å²) in [5, 5.41) is 9.09. The van der Waals surface area contributed by atoms with Gasteiger partial charge in [-0.2, -0.15) is 12.6 Å². The summed E-state index contributed by atoms with van der Waals surface area (Å²) < 4.78 is 0. The third kappa shape index (κ3) is 2.45. The van der Waals surface area contributed by atoms with Gasteiger partial charge < -0.3 is 10.0 Å². The summed E-state index contributed by atoms with van der Waals surface area (Å²) in [5.74, 6) is -0.432. The van der Waals surface area contributed by atoms with E-state index in [0.29, 0.717) is 25.3 Å². The molecule has 1 heterocycles. The lowest BCUT2D eigenvalue weighted by molar-refractivity contribution is -0.148. The molecule has 1 N–H and O–H groups in total. The first-order chi connectivity index (χ1) is 7.08. The molecule has 2 atom stereocenters. The van der Waals surface area contributed by atoms with Crippen molar-refractivity contribution in [1.29, 1.82) is 0 Å². The van der Waals surface area contributed by atoms with Gasteiger partial charge in [0, 0.05) is 18.2 Å². The fourth-order valence-electron chi connectivity index (χ4n) is 2.04. The predicted octanol–water partition coefficient (Wildman–Crippen LogP) is 0.770. The second-order valence-electron chi connectivity index (χ2n) is 4.44. The van der Waals surface area contributed by atoms with Crippen LogP contribution in [0.4, 0.5) is 0 Å². The zero-order chi connectivity index (χ0) is 11.0. The van der Waals surface area contributed by atoms with Crippen molar-refractivity contribution in [3.63, 3.8) is 0 Å². The Hall–Kier alpha value is -0.710. The first-order valence-electron chi connectivity index (χ1n) is 5.28. The van der Waals surface area contributed by atoms with Gasteiger partial charge in [-0.3, -0.25) is 4.79 Å². The van der Waals surface area contributed by atoms with Gasteiger partial charge in [0.05, 0.1) is 0 Å². The van der Waals surface area contributed by atoms with Crippen LogP contribution in [0.15, 0.2) is 0 Å². The number of rotatable bonds is 4. The molecule has 2 rings (SSSR count). The molecule has 84 valence electrons. The van der Waals surface area contributed by atoms with Crippen LogP contribution >= 0.6 is 12.6 Å². The normalized spacial score (nSPS) is 28.2. The summed E-state index contributed by atoms with van der Waals surface area (Å²) in [6, 6.07) is -0.623. The van der Waals surface area contributed by atoms with E-state index in [1.165, 1.54) is 4.90 Å². The highest BCUT2D eigenvalue weighted by Crippen LogP contribution is 2.35. The maximum Gasteiger partial charge on any atom is 0.326 e. The molecule has 2 fully saturated rings. The standard InChI is InChI=1S/C10H15NO3S/c12-9-4-7(15)5-11(9)8(10(13)14)3-6-1-2-6/h6-8,15H,1-5H2,(H,13,14)/t7?,8-/m0/s1. The molecule has 0 bridgehead atoms. The molecule has 1 aliphatic heterocycles. The van der Waals surface area contributed by atoms with E-state index in [1.807, 2.05) is 0 Å². The molecule has 1 amide bonds. The van der Waals surface area contributed by atoms with Crippen LogP contribution in [-0.2, 0) is 9.59 Å². The highest BCUT2D eigenvalue weighted by atomic mass is 32.1. The van der Waals surface area contributed by atoms with Crippen molar-refractivity contribution in [1.82, 2.24) is 4.90 Å². The minimum absolute atomic E-state index is 0.00134. The summed E-state index contributed by atoms with van der Waals surface area (Å²) in [7, 11) is 0. The van der Waals surface area contributed by atoms with E-state index in [2.05, 4.69) is 12.6 Å². The van der Waals surface area contributed by atoms with Crippen LogP contribution in [0.1, 0.15) is 25.7 Å². The van der Waals surface area contributed by atoms with Crippen LogP contribution in [0.25, 0.3) is 0 Å². The summed E-state index contributed by atoms with van der Waals surface area (Å²) in [5.41, 5.74) is 0. The summed E-state index contributed by atoms with van der Waals surface area (Å²) in [6.45, 7) is 0.478. The van der Waals surface area contributed by atoms with Crippen molar-refractivity contribution >= 4 is 24.5 Å². The molecule has 1 aliphatic carbocycles. The lowest BCUT2D eigenvalue weighted by atomic mass is 10.1. The number of carbonyl (C=O) groups excluding carboxylic acids is 1. The van der Waals surface area contributed by atoms with Crippen LogP contribution in [0.2, 0.25) is 0 Å². The van der Waals surface area contributed by atoms with E-state index in [4.69, 9.17) is 5.11 Å². The topological polar surface area (TPSA) is 57.6 Å². The van der Waals surface area contributed by atoms with Gasteiger partial charge in [-0.05, 0) is 12.3 Å². The molecule has 0 aromatic rings. The maximum atomic E-state index is 11.5. The van der Waals surface area contributed by atoms with Crippen molar-refractivity contribution in [2.75, 3.05) is 6.54 Å². The van der Waals surface area contributed by atoms with Crippen LogP contribution in [0.5, 0.6) is 0 Å². The molecule has 5 heteroatoms. The number of carboxylic acids is 1. The van der Waals surface area contributed by atoms with Crippen LogP contribution in [0, 0.1) is 5.92 Å². The third-order valence-corrected chi connectivity index (χ3v) is 3.40. The maximum absolute atomic E-state index is 11.5. The Bertz CT molecular complexity index is 290. The molecule has 1 saturated heterocycles. The molecule has 2 aliphatic rings. The van der Waals surface area contributed by atoms with Gasteiger partial charge in [0.25, 0.3) is 0 Å². The third-order valence-electron chi connectivity index (χ3n) is 3.05. The highest BCUT2D eigenvalue weighted by Gasteiger charge is 2.39. The average molecular weight is 229 g/mol. The number of carboxylic acid groups (broad SMARTS) is 1. The molecule has 0 aromatic heterocycles. The average Bonchev–Trinajstić information content (AvgIpc) is 2.88. The summed E-state index contributed by atoms with van der Waals surface area (Å²) in [4.78, 5) is 24.1. The molecule has 0 spiro atoms. The fourth-order valence-corrected chi connectivity index (χ4v) is 2.38. The van der Waals surface area contributed by atoms with Gasteiger partial charge in [-0.25, -0.2) is 4.79 Å². The molecule has 15 heavy (non-hydrogen) atoms. The fraction of sp³-hybridized carbons (Fsp3) is 0.800. The first kappa shape index (κ1) is 10.8. The Morgan fingerprint density at radius 2 is 2.27 bits per heavy atom. The summed E-state index contributed by atoms with van der Waals surface area (Å²) in [6.07, 6.45) is 3.20. The van der Waals surface area contributed by atoms with Crippen molar-refractivity contribution in [2.24, 2.45) is 5.92 Å². The number of aliphatic carboxylic acids is 1. The van der Waals surface area contributed by atoms with Gasteiger partial charge in [0.2, 0.25) is 5.91 Å². The summed E-state index contributed by atoms with van der Waals surface area (Å²) >= 11 is 4.22. The second-order valence-corrected chi connectivity index (χ2v) is 5.17. The SMILES string of the molecule is O=C(O)[C@H](CC1CC1)N1CC(S)CC1=O. The van der Waals surface area contributed by atoms with Crippen molar-refractivity contribution in [3.05, 3.63) is 0 Å². The van der Waals surface area contributed by atoms with E-state index < -0.39 is 12.0 Å². The van der Waals surface area contributed by atoms with Crippen LogP contribution in [0.3, 0.4) is 0 Å². The number of nitrogens with zero attached hydrogens (tertiary/aromatic N) is 1. The zero-order valence-electron chi connectivity index (χ0n) is 8.43. The number of carbonyl (C=O) groups is 2. The lowest BCUT2D eigenvalue weighted by Gasteiger charge is -2.24.